The smallest absolute Gasteiger partial charge is 0.251 e. The second-order valence-corrected chi connectivity index (χ2v) is 9.14. The molecule has 1 saturated carbocycles. The number of carbonyl (C=O) groups is 1. The highest BCUT2D eigenvalue weighted by atomic mass is 19.1. The molecule has 0 radical (unpaired) electrons. The summed E-state index contributed by atoms with van der Waals surface area (Å²) in [6.07, 6.45) is 9.32. The van der Waals surface area contributed by atoms with Crippen LogP contribution in [-0.2, 0) is 0 Å². The van der Waals surface area contributed by atoms with Crippen LogP contribution in [0.3, 0.4) is 0 Å². The molecular weight excluding hydrogens is 452 g/mol. The Morgan fingerprint density at radius 3 is 2.46 bits per heavy atom. The predicted octanol–water partition coefficient (Wildman–Crippen LogP) is 4.95. The van der Waals surface area contributed by atoms with Crippen LogP contribution in [0, 0.1) is 24.5 Å². The number of nitrogens with zero attached hydrogens (tertiary/aromatic N) is 4. The average Bonchev–Trinajstić information content (AvgIpc) is 3.30. The van der Waals surface area contributed by atoms with E-state index < -0.39 is 23.3 Å². The summed E-state index contributed by atoms with van der Waals surface area (Å²) in [6, 6.07) is 7.99. The largest absolute Gasteiger partial charge is 0.503 e. The number of hydrogen-bond acceptors (Lipinski definition) is 5. The Bertz CT molecular complexity index is 1360. The molecule has 7 nitrogen and oxygen atoms in total. The van der Waals surface area contributed by atoms with Crippen molar-refractivity contribution in [3.05, 3.63) is 71.7 Å². The molecule has 0 unspecified atom stereocenters. The van der Waals surface area contributed by atoms with E-state index in [2.05, 4.69) is 21.5 Å². The van der Waals surface area contributed by atoms with Gasteiger partial charge in [0.25, 0.3) is 5.91 Å². The number of carbonyl (C=O) groups excluding carboxylic acids is 1. The predicted molar refractivity (Wildman–Crippen MR) is 127 cm³/mol. The monoisotopic (exact) mass is 477 g/mol. The van der Waals surface area contributed by atoms with Crippen molar-refractivity contribution in [2.75, 3.05) is 6.54 Å². The maximum atomic E-state index is 13.5. The summed E-state index contributed by atoms with van der Waals surface area (Å²) < 4.78 is 29.1. The Morgan fingerprint density at radius 1 is 1.09 bits per heavy atom. The summed E-state index contributed by atoms with van der Waals surface area (Å²) in [5.41, 5.74) is 2.69. The fraction of sp³-hybridized carbons (Fsp3) is 0.308. The van der Waals surface area contributed by atoms with E-state index in [-0.39, 0.29) is 17.5 Å². The van der Waals surface area contributed by atoms with Crippen LogP contribution in [-0.4, -0.2) is 37.3 Å². The minimum Gasteiger partial charge on any atom is -0.503 e. The summed E-state index contributed by atoms with van der Waals surface area (Å²) in [7, 11) is 0. The van der Waals surface area contributed by atoms with E-state index in [9.17, 15) is 18.7 Å². The van der Waals surface area contributed by atoms with Crippen LogP contribution in [0.5, 0.6) is 5.75 Å². The lowest BCUT2D eigenvalue weighted by Gasteiger charge is -2.28. The quantitative estimate of drug-likeness (QED) is 0.424. The summed E-state index contributed by atoms with van der Waals surface area (Å²) in [4.78, 5) is 21.1. The van der Waals surface area contributed by atoms with Crippen LogP contribution in [0.1, 0.15) is 47.6 Å². The lowest BCUT2D eigenvalue weighted by atomic mass is 9.86. The van der Waals surface area contributed by atoms with Crippen molar-refractivity contribution >= 4 is 16.8 Å². The van der Waals surface area contributed by atoms with Gasteiger partial charge >= 0.3 is 0 Å². The van der Waals surface area contributed by atoms with E-state index in [0.29, 0.717) is 12.4 Å². The molecule has 2 aromatic carbocycles. The van der Waals surface area contributed by atoms with E-state index in [1.807, 2.05) is 29.8 Å². The van der Waals surface area contributed by atoms with Crippen molar-refractivity contribution < 1.29 is 18.7 Å². The normalized spacial score (nSPS) is 18.0. The van der Waals surface area contributed by atoms with Gasteiger partial charge < -0.3 is 10.4 Å². The first-order valence-electron chi connectivity index (χ1n) is 11.6. The molecule has 0 aliphatic heterocycles. The summed E-state index contributed by atoms with van der Waals surface area (Å²) in [5, 5.41) is 17.8. The Labute approximate surface area is 200 Å². The SMILES string of the molecule is Cc1cnc(-c2ccc3cn(C4CCC(CNC(=O)c5cc(F)c(O)c(F)c5)CC4)nc3c2)nc1. The number of aromatic nitrogens is 4. The van der Waals surface area contributed by atoms with Crippen LogP contribution < -0.4 is 5.32 Å². The lowest BCUT2D eigenvalue weighted by Crippen LogP contribution is -2.31. The third-order valence-corrected chi connectivity index (χ3v) is 6.58. The van der Waals surface area contributed by atoms with Gasteiger partial charge in [-0.3, -0.25) is 9.48 Å². The zero-order chi connectivity index (χ0) is 24.5. The zero-order valence-electron chi connectivity index (χ0n) is 19.2. The topological polar surface area (TPSA) is 92.9 Å². The lowest BCUT2D eigenvalue weighted by molar-refractivity contribution is 0.0940. The minimum absolute atomic E-state index is 0.148. The maximum Gasteiger partial charge on any atom is 0.251 e. The number of hydrogen-bond donors (Lipinski definition) is 2. The maximum absolute atomic E-state index is 13.5. The van der Waals surface area contributed by atoms with Gasteiger partial charge in [-0.1, -0.05) is 12.1 Å². The van der Waals surface area contributed by atoms with E-state index >= 15 is 0 Å². The second-order valence-electron chi connectivity index (χ2n) is 9.14. The standard InChI is InChI=1S/C26H25F2N5O2/c1-15-11-29-25(30-12-15)17-4-5-18-14-33(32-23(18)10-17)20-6-2-16(3-7-20)13-31-26(35)19-8-21(27)24(34)22(28)9-19/h4-5,8-12,14,16,20,34H,2-3,6-7,13H2,1H3,(H,31,35). The average molecular weight is 478 g/mol. The third-order valence-electron chi connectivity index (χ3n) is 6.58. The zero-order valence-corrected chi connectivity index (χ0v) is 19.2. The minimum atomic E-state index is -1.15. The third kappa shape index (κ3) is 4.84. The molecule has 1 amide bonds. The highest BCUT2D eigenvalue weighted by Gasteiger charge is 2.24. The first kappa shape index (κ1) is 22.9. The van der Waals surface area contributed by atoms with E-state index in [0.717, 1.165) is 59.8 Å². The molecule has 0 saturated heterocycles. The number of halogens is 2. The molecule has 2 aromatic heterocycles. The Morgan fingerprint density at radius 2 is 1.77 bits per heavy atom. The van der Waals surface area contributed by atoms with E-state index in [1.165, 1.54) is 0 Å². The van der Waals surface area contributed by atoms with E-state index in [1.54, 1.807) is 12.4 Å². The molecule has 5 rings (SSSR count). The summed E-state index contributed by atoms with van der Waals surface area (Å²) >= 11 is 0. The van der Waals surface area contributed by atoms with Crippen molar-refractivity contribution in [3.8, 4) is 17.1 Å². The highest BCUT2D eigenvalue weighted by Crippen LogP contribution is 2.33. The number of fused-ring (bicyclic) bond motifs is 1. The molecule has 1 fully saturated rings. The van der Waals surface area contributed by atoms with Gasteiger partial charge in [0.2, 0.25) is 0 Å². The first-order chi connectivity index (χ1) is 16.9. The molecular formula is C26H25F2N5O2. The first-order valence-corrected chi connectivity index (χ1v) is 11.6. The van der Waals surface area contributed by atoms with Gasteiger partial charge in [-0.25, -0.2) is 18.7 Å². The number of aryl methyl sites for hydroxylation is 1. The Kier molecular flexibility index (Phi) is 6.15. The number of benzene rings is 2. The van der Waals surface area contributed by atoms with E-state index in [4.69, 9.17) is 5.10 Å². The van der Waals surface area contributed by atoms with Crippen LogP contribution in [0.15, 0.2) is 48.9 Å². The fourth-order valence-corrected chi connectivity index (χ4v) is 4.55. The van der Waals surface area contributed by atoms with Gasteiger partial charge in [-0.2, -0.15) is 5.10 Å². The summed E-state index contributed by atoms with van der Waals surface area (Å²) in [6.45, 7) is 2.38. The van der Waals surface area contributed by atoms with Crippen molar-refractivity contribution in [2.24, 2.45) is 5.92 Å². The number of amides is 1. The van der Waals surface area contributed by atoms with Crippen LogP contribution >= 0.6 is 0 Å². The van der Waals surface area contributed by atoms with Crippen molar-refractivity contribution in [1.29, 1.82) is 0 Å². The molecule has 2 N–H and O–H groups in total. The molecule has 2 heterocycles. The van der Waals surface area contributed by atoms with Crippen molar-refractivity contribution in [3.63, 3.8) is 0 Å². The Hall–Kier alpha value is -3.88. The van der Waals surface area contributed by atoms with Gasteiger partial charge in [0.1, 0.15) is 0 Å². The van der Waals surface area contributed by atoms with Crippen molar-refractivity contribution in [2.45, 2.75) is 38.6 Å². The molecule has 1 aliphatic rings. The number of nitrogens with one attached hydrogen (secondary N) is 1. The van der Waals surface area contributed by atoms with Gasteiger partial charge in [-0.05, 0) is 62.3 Å². The Balaban J connectivity index is 1.19. The molecule has 4 aromatic rings. The molecule has 180 valence electrons. The van der Waals surface area contributed by atoms with Crippen LogP contribution in [0.25, 0.3) is 22.3 Å². The van der Waals surface area contributed by atoms with Crippen LogP contribution in [0.4, 0.5) is 8.78 Å². The number of aromatic hydroxyl groups is 1. The number of phenolic OH excluding ortho intramolecular Hbond substituents is 1. The number of phenols is 1. The molecule has 9 heteroatoms. The van der Waals surface area contributed by atoms with Gasteiger partial charge in [0, 0.05) is 41.6 Å². The van der Waals surface area contributed by atoms with Gasteiger partial charge in [0.05, 0.1) is 11.6 Å². The highest BCUT2D eigenvalue weighted by molar-refractivity contribution is 5.94. The van der Waals surface area contributed by atoms with Crippen LogP contribution in [0.2, 0.25) is 0 Å². The molecule has 0 bridgehead atoms. The van der Waals surface area contributed by atoms with Gasteiger partial charge in [0.15, 0.2) is 23.2 Å². The number of rotatable bonds is 5. The molecule has 35 heavy (non-hydrogen) atoms. The molecule has 1 aliphatic carbocycles. The van der Waals surface area contributed by atoms with Crippen molar-refractivity contribution in [1.82, 2.24) is 25.1 Å². The summed E-state index contributed by atoms with van der Waals surface area (Å²) in [5.74, 6) is -2.99. The molecule has 0 spiro atoms. The molecule has 0 atom stereocenters. The second kappa shape index (κ2) is 9.40. The van der Waals surface area contributed by atoms with Gasteiger partial charge in [-0.15, -0.1) is 0 Å². The fourth-order valence-electron chi connectivity index (χ4n) is 4.55.